The van der Waals surface area contributed by atoms with Crippen molar-refractivity contribution in [3.8, 4) is 0 Å². The normalized spacial score (nSPS) is 10.9. The maximum atomic E-state index is 5.28. The zero-order valence-electron chi connectivity index (χ0n) is 8.97. The van der Waals surface area contributed by atoms with Crippen LogP contribution in [0.15, 0.2) is 35.1 Å². The summed E-state index contributed by atoms with van der Waals surface area (Å²) in [4.78, 5) is 0. The van der Waals surface area contributed by atoms with E-state index in [0.717, 1.165) is 11.6 Å². The Bertz CT molecular complexity index is 403. The fourth-order valence-corrected chi connectivity index (χ4v) is 1.43. The first kappa shape index (κ1) is 9.83. The molecule has 0 aliphatic rings. The van der Waals surface area contributed by atoms with Gasteiger partial charge in [-0.25, -0.2) is 4.68 Å². The molecule has 2 heterocycles. The van der Waals surface area contributed by atoms with Gasteiger partial charge in [-0.2, -0.15) is 5.10 Å². The standard InChI is InChI=1S/C11H15N3O/c1-9(2)13-11-5-6-12-14(11)8-10-4-3-7-15-10/h3-7,9,13H,8H2,1-2H3. The zero-order valence-corrected chi connectivity index (χ0v) is 8.97. The van der Waals surface area contributed by atoms with E-state index in [1.807, 2.05) is 22.9 Å². The predicted octanol–water partition coefficient (Wildman–Crippen LogP) is 2.34. The molecule has 0 aliphatic carbocycles. The highest BCUT2D eigenvalue weighted by Gasteiger charge is 2.05. The van der Waals surface area contributed by atoms with Crippen molar-refractivity contribution >= 4 is 5.82 Å². The molecule has 2 aromatic heterocycles. The molecule has 0 aliphatic heterocycles. The molecule has 0 atom stereocenters. The predicted molar refractivity (Wildman–Crippen MR) is 58.8 cm³/mol. The van der Waals surface area contributed by atoms with Crippen LogP contribution in [0, 0.1) is 0 Å². The summed E-state index contributed by atoms with van der Waals surface area (Å²) in [6.45, 7) is 4.86. The van der Waals surface area contributed by atoms with Crippen molar-refractivity contribution in [2.75, 3.05) is 5.32 Å². The zero-order chi connectivity index (χ0) is 10.7. The monoisotopic (exact) mass is 205 g/mol. The Balaban J connectivity index is 2.11. The molecule has 0 saturated carbocycles. The summed E-state index contributed by atoms with van der Waals surface area (Å²) in [5, 5.41) is 7.56. The molecule has 0 saturated heterocycles. The molecule has 0 aromatic carbocycles. The van der Waals surface area contributed by atoms with Crippen LogP contribution in [0.2, 0.25) is 0 Å². The Hall–Kier alpha value is -1.71. The molecule has 1 N–H and O–H groups in total. The maximum Gasteiger partial charge on any atom is 0.125 e. The second kappa shape index (κ2) is 4.21. The fraction of sp³-hybridized carbons (Fsp3) is 0.364. The van der Waals surface area contributed by atoms with Crippen LogP contribution in [0.3, 0.4) is 0 Å². The number of hydrogen-bond acceptors (Lipinski definition) is 3. The molecule has 0 bridgehead atoms. The van der Waals surface area contributed by atoms with Crippen LogP contribution in [-0.2, 0) is 6.54 Å². The van der Waals surface area contributed by atoms with Gasteiger partial charge in [-0.1, -0.05) is 0 Å². The first-order valence-electron chi connectivity index (χ1n) is 5.06. The third-order valence-corrected chi connectivity index (χ3v) is 2.04. The van der Waals surface area contributed by atoms with Crippen LogP contribution in [0.25, 0.3) is 0 Å². The third-order valence-electron chi connectivity index (χ3n) is 2.04. The maximum absolute atomic E-state index is 5.28. The minimum atomic E-state index is 0.400. The van der Waals surface area contributed by atoms with Gasteiger partial charge in [0.25, 0.3) is 0 Å². The summed E-state index contributed by atoms with van der Waals surface area (Å²) in [6, 6.07) is 6.19. The molecule has 2 rings (SSSR count). The lowest BCUT2D eigenvalue weighted by Crippen LogP contribution is -2.14. The van der Waals surface area contributed by atoms with Crippen LogP contribution >= 0.6 is 0 Å². The lowest BCUT2D eigenvalue weighted by molar-refractivity contribution is 0.481. The summed E-state index contributed by atoms with van der Waals surface area (Å²) in [6.07, 6.45) is 3.46. The first-order chi connectivity index (χ1) is 7.25. The molecule has 4 nitrogen and oxygen atoms in total. The van der Waals surface area contributed by atoms with Gasteiger partial charge in [-0.05, 0) is 26.0 Å². The third kappa shape index (κ3) is 2.40. The topological polar surface area (TPSA) is 43.0 Å². The van der Waals surface area contributed by atoms with Crippen LogP contribution in [0.4, 0.5) is 5.82 Å². The van der Waals surface area contributed by atoms with E-state index in [4.69, 9.17) is 4.42 Å². The van der Waals surface area contributed by atoms with Crippen molar-refractivity contribution < 1.29 is 4.42 Å². The summed E-state index contributed by atoms with van der Waals surface area (Å²) < 4.78 is 7.17. The fourth-order valence-electron chi connectivity index (χ4n) is 1.43. The SMILES string of the molecule is CC(C)Nc1ccnn1Cc1ccco1. The second-order valence-corrected chi connectivity index (χ2v) is 3.75. The van der Waals surface area contributed by atoms with Crippen molar-refractivity contribution in [3.05, 3.63) is 36.4 Å². The van der Waals surface area contributed by atoms with E-state index in [0.29, 0.717) is 12.6 Å². The number of furan rings is 1. The Morgan fingerprint density at radius 3 is 3.00 bits per heavy atom. The highest BCUT2D eigenvalue weighted by Crippen LogP contribution is 2.11. The van der Waals surface area contributed by atoms with Gasteiger partial charge in [0.05, 0.1) is 12.5 Å². The van der Waals surface area contributed by atoms with Crippen LogP contribution in [0.5, 0.6) is 0 Å². The van der Waals surface area contributed by atoms with Crippen molar-refractivity contribution in [3.63, 3.8) is 0 Å². The molecule has 4 heteroatoms. The first-order valence-corrected chi connectivity index (χ1v) is 5.06. The molecule has 80 valence electrons. The van der Waals surface area contributed by atoms with E-state index in [1.54, 1.807) is 12.5 Å². The molecular weight excluding hydrogens is 190 g/mol. The van der Waals surface area contributed by atoms with Gasteiger partial charge in [0.1, 0.15) is 18.1 Å². The summed E-state index contributed by atoms with van der Waals surface area (Å²) in [7, 11) is 0. The van der Waals surface area contributed by atoms with Crippen LogP contribution < -0.4 is 5.32 Å². The van der Waals surface area contributed by atoms with Gasteiger partial charge < -0.3 is 9.73 Å². The number of anilines is 1. The number of hydrogen-bond donors (Lipinski definition) is 1. The smallest absolute Gasteiger partial charge is 0.125 e. The Morgan fingerprint density at radius 2 is 2.33 bits per heavy atom. The minimum Gasteiger partial charge on any atom is -0.467 e. The number of nitrogens with zero attached hydrogens (tertiary/aromatic N) is 2. The molecule has 0 fully saturated rings. The molecule has 0 spiro atoms. The van der Waals surface area contributed by atoms with Gasteiger partial charge in [0.2, 0.25) is 0 Å². The average Bonchev–Trinajstić information content (AvgIpc) is 2.78. The van der Waals surface area contributed by atoms with Gasteiger partial charge in [-0.15, -0.1) is 0 Å². The van der Waals surface area contributed by atoms with E-state index in [2.05, 4.69) is 24.3 Å². The van der Waals surface area contributed by atoms with Gasteiger partial charge in [0.15, 0.2) is 0 Å². The summed E-state index contributed by atoms with van der Waals surface area (Å²) >= 11 is 0. The van der Waals surface area contributed by atoms with Crippen molar-refractivity contribution in [1.82, 2.24) is 9.78 Å². The quantitative estimate of drug-likeness (QED) is 0.833. The van der Waals surface area contributed by atoms with Crippen LogP contribution in [-0.4, -0.2) is 15.8 Å². The van der Waals surface area contributed by atoms with Gasteiger partial charge in [-0.3, -0.25) is 0 Å². The molecule has 2 aromatic rings. The molecule has 0 amide bonds. The lowest BCUT2D eigenvalue weighted by Gasteiger charge is -2.11. The van der Waals surface area contributed by atoms with E-state index in [-0.39, 0.29) is 0 Å². The number of nitrogens with one attached hydrogen (secondary N) is 1. The summed E-state index contributed by atoms with van der Waals surface area (Å²) in [5.74, 6) is 1.92. The molecule has 15 heavy (non-hydrogen) atoms. The Kier molecular flexibility index (Phi) is 2.76. The largest absolute Gasteiger partial charge is 0.467 e. The van der Waals surface area contributed by atoms with Crippen LogP contribution in [0.1, 0.15) is 19.6 Å². The number of rotatable bonds is 4. The highest BCUT2D eigenvalue weighted by molar-refractivity contribution is 5.35. The van der Waals surface area contributed by atoms with Crippen molar-refractivity contribution in [1.29, 1.82) is 0 Å². The average molecular weight is 205 g/mol. The molecule has 0 unspecified atom stereocenters. The number of aromatic nitrogens is 2. The Morgan fingerprint density at radius 1 is 1.47 bits per heavy atom. The molecular formula is C11H15N3O. The van der Waals surface area contributed by atoms with E-state index in [1.165, 1.54) is 0 Å². The van der Waals surface area contributed by atoms with E-state index >= 15 is 0 Å². The summed E-state index contributed by atoms with van der Waals surface area (Å²) in [5.41, 5.74) is 0. The molecule has 0 radical (unpaired) electrons. The lowest BCUT2D eigenvalue weighted by atomic mass is 10.4. The highest BCUT2D eigenvalue weighted by atomic mass is 16.3. The van der Waals surface area contributed by atoms with E-state index in [9.17, 15) is 0 Å². The van der Waals surface area contributed by atoms with Gasteiger partial charge in [0, 0.05) is 12.1 Å². The second-order valence-electron chi connectivity index (χ2n) is 3.75. The van der Waals surface area contributed by atoms with Crippen molar-refractivity contribution in [2.45, 2.75) is 26.4 Å². The van der Waals surface area contributed by atoms with Crippen molar-refractivity contribution in [2.24, 2.45) is 0 Å². The minimum absolute atomic E-state index is 0.400. The van der Waals surface area contributed by atoms with Gasteiger partial charge >= 0.3 is 0 Å². The van der Waals surface area contributed by atoms with E-state index < -0.39 is 0 Å². The Labute approximate surface area is 88.9 Å².